The lowest BCUT2D eigenvalue weighted by atomic mass is 10.0. The summed E-state index contributed by atoms with van der Waals surface area (Å²) in [6.45, 7) is 8.64. The van der Waals surface area contributed by atoms with E-state index < -0.39 is 11.6 Å². The Balaban J connectivity index is 1.56. The highest BCUT2D eigenvalue weighted by Gasteiger charge is 2.27. The van der Waals surface area contributed by atoms with E-state index >= 15 is 0 Å². The molecule has 10 nitrogen and oxygen atoms in total. The Hall–Kier alpha value is -3.92. The molecule has 1 unspecified atom stereocenters. The summed E-state index contributed by atoms with van der Waals surface area (Å²) in [6.07, 6.45) is 6.69. The summed E-state index contributed by atoms with van der Waals surface area (Å²) in [6, 6.07) is 11.8. The van der Waals surface area contributed by atoms with Crippen LogP contribution in [0.3, 0.4) is 0 Å². The minimum atomic E-state index is -0.524. The van der Waals surface area contributed by atoms with Gasteiger partial charge in [0.25, 0.3) is 0 Å². The van der Waals surface area contributed by atoms with Gasteiger partial charge in [-0.1, -0.05) is 30.3 Å². The quantitative estimate of drug-likeness (QED) is 0.404. The molecule has 1 saturated heterocycles. The summed E-state index contributed by atoms with van der Waals surface area (Å²) in [5, 5.41) is 8.26. The first-order chi connectivity index (χ1) is 18.7. The molecule has 208 valence electrons. The molecular formula is C29H38N6O4. The third kappa shape index (κ3) is 7.14. The van der Waals surface area contributed by atoms with Crippen molar-refractivity contribution in [3.63, 3.8) is 0 Å². The number of carbonyl (C=O) groups excluding carboxylic acids is 2. The monoisotopic (exact) mass is 534 g/mol. The molecule has 2 aromatic heterocycles. The molecule has 1 fully saturated rings. The number of methoxy groups -OCH3 is 1. The van der Waals surface area contributed by atoms with Crippen LogP contribution >= 0.6 is 0 Å². The standard InChI is InChI=1S/C29H38N6O4/c1-29(2,3)39-28(37)33(4)16-17-34-15-9-12-22(20-34)35-26(24(18-31-35)21-10-7-6-8-11-21)32-25-19-30-14-13-23(25)27(36)38-5/h6-8,10-11,13-14,18-19,22,32H,9,12,15-17,20H2,1-5H3. The number of carbonyl (C=O) groups is 2. The number of hydrogen-bond donors (Lipinski definition) is 1. The molecule has 1 N–H and O–H groups in total. The summed E-state index contributed by atoms with van der Waals surface area (Å²) < 4.78 is 12.5. The number of pyridine rings is 1. The summed E-state index contributed by atoms with van der Waals surface area (Å²) in [4.78, 5) is 33.0. The van der Waals surface area contributed by atoms with E-state index in [9.17, 15) is 9.59 Å². The molecule has 0 aliphatic carbocycles. The molecule has 0 radical (unpaired) electrons. The smallest absolute Gasteiger partial charge is 0.410 e. The molecule has 10 heteroatoms. The van der Waals surface area contributed by atoms with Crippen LogP contribution < -0.4 is 5.32 Å². The van der Waals surface area contributed by atoms with E-state index in [0.717, 1.165) is 49.4 Å². The maximum Gasteiger partial charge on any atom is 0.410 e. The maximum absolute atomic E-state index is 12.4. The van der Waals surface area contributed by atoms with Crippen molar-refractivity contribution in [1.82, 2.24) is 24.6 Å². The van der Waals surface area contributed by atoms with Gasteiger partial charge < -0.3 is 19.7 Å². The fourth-order valence-corrected chi connectivity index (χ4v) is 4.66. The number of ether oxygens (including phenoxy) is 2. The molecule has 3 heterocycles. The van der Waals surface area contributed by atoms with Crippen molar-refractivity contribution in [1.29, 1.82) is 0 Å². The lowest BCUT2D eigenvalue weighted by Crippen LogP contribution is -2.43. The molecule has 4 rings (SSSR count). The van der Waals surface area contributed by atoms with Gasteiger partial charge in [-0.25, -0.2) is 14.3 Å². The number of piperidine rings is 1. The number of anilines is 2. The molecule has 1 aromatic carbocycles. The molecule has 1 aliphatic rings. The highest BCUT2D eigenvalue weighted by molar-refractivity contribution is 5.96. The first-order valence-corrected chi connectivity index (χ1v) is 13.2. The Morgan fingerprint density at radius 2 is 1.92 bits per heavy atom. The van der Waals surface area contributed by atoms with Gasteiger partial charge in [0, 0.05) is 38.4 Å². The Labute approximate surface area is 229 Å². The SMILES string of the molecule is COC(=O)c1ccncc1Nc1c(-c2ccccc2)cnn1C1CCCN(CCN(C)C(=O)OC(C)(C)C)C1. The minimum absolute atomic E-state index is 0.101. The average molecular weight is 535 g/mol. The van der Waals surface area contributed by atoms with Crippen LogP contribution in [0.25, 0.3) is 11.1 Å². The zero-order valence-corrected chi connectivity index (χ0v) is 23.4. The summed E-state index contributed by atoms with van der Waals surface area (Å²) in [5.74, 6) is 0.349. The fraction of sp³-hybridized carbons (Fsp3) is 0.448. The number of likely N-dealkylation sites (N-methyl/N-ethyl adjacent to an activating group) is 1. The van der Waals surface area contributed by atoms with Gasteiger partial charge in [0.1, 0.15) is 11.4 Å². The molecule has 0 saturated carbocycles. The molecule has 1 amide bonds. The first-order valence-electron chi connectivity index (χ1n) is 13.2. The van der Waals surface area contributed by atoms with Gasteiger partial charge in [-0.15, -0.1) is 0 Å². The zero-order valence-electron chi connectivity index (χ0n) is 23.4. The number of benzene rings is 1. The molecular weight excluding hydrogens is 496 g/mol. The Morgan fingerprint density at radius 1 is 1.15 bits per heavy atom. The number of nitrogens with one attached hydrogen (secondary N) is 1. The van der Waals surface area contributed by atoms with Crippen molar-refractivity contribution in [2.24, 2.45) is 0 Å². The predicted molar refractivity (Wildman–Crippen MR) is 150 cm³/mol. The second-order valence-electron chi connectivity index (χ2n) is 10.8. The van der Waals surface area contributed by atoms with Crippen LogP contribution in [0, 0.1) is 0 Å². The average Bonchev–Trinajstić information content (AvgIpc) is 3.34. The second-order valence-corrected chi connectivity index (χ2v) is 10.8. The van der Waals surface area contributed by atoms with E-state index in [-0.39, 0.29) is 12.1 Å². The summed E-state index contributed by atoms with van der Waals surface area (Å²) in [7, 11) is 3.13. The van der Waals surface area contributed by atoms with Crippen molar-refractivity contribution in [3.8, 4) is 11.1 Å². The predicted octanol–water partition coefficient (Wildman–Crippen LogP) is 4.98. The van der Waals surface area contributed by atoms with Gasteiger partial charge in [0.05, 0.1) is 36.8 Å². The normalized spacial score (nSPS) is 16.0. The molecule has 0 spiro atoms. The second kappa shape index (κ2) is 12.3. The van der Waals surface area contributed by atoms with Crippen LogP contribution in [0.2, 0.25) is 0 Å². The van der Waals surface area contributed by atoms with E-state index in [1.807, 2.05) is 62.0 Å². The number of aromatic nitrogens is 3. The van der Waals surface area contributed by atoms with Gasteiger partial charge in [0.2, 0.25) is 0 Å². The van der Waals surface area contributed by atoms with E-state index in [0.29, 0.717) is 17.8 Å². The Kier molecular flexibility index (Phi) is 8.86. The van der Waals surface area contributed by atoms with Crippen LogP contribution in [0.1, 0.15) is 50.0 Å². The number of amides is 1. The van der Waals surface area contributed by atoms with E-state index in [4.69, 9.17) is 14.6 Å². The lowest BCUT2D eigenvalue weighted by Gasteiger charge is -2.34. The van der Waals surface area contributed by atoms with Crippen molar-refractivity contribution in [2.45, 2.75) is 45.3 Å². The third-order valence-electron chi connectivity index (χ3n) is 6.64. The highest BCUT2D eigenvalue weighted by atomic mass is 16.6. The van der Waals surface area contributed by atoms with Crippen molar-refractivity contribution < 1.29 is 19.1 Å². The first kappa shape index (κ1) is 28.1. The minimum Gasteiger partial charge on any atom is -0.465 e. The summed E-state index contributed by atoms with van der Waals surface area (Å²) in [5.41, 5.74) is 2.37. The molecule has 3 aromatic rings. The van der Waals surface area contributed by atoms with Crippen LogP contribution in [0.4, 0.5) is 16.3 Å². The number of esters is 1. The highest BCUT2D eigenvalue weighted by Crippen LogP contribution is 2.35. The van der Waals surface area contributed by atoms with Gasteiger partial charge in [-0.2, -0.15) is 5.10 Å². The topological polar surface area (TPSA) is 102 Å². The third-order valence-corrected chi connectivity index (χ3v) is 6.64. The van der Waals surface area contributed by atoms with Crippen molar-refractivity contribution in [3.05, 3.63) is 60.6 Å². The summed E-state index contributed by atoms with van der Waals surface area (Å²) >= 11 is 0. The van der Waals surface area contributed by atoms with E-state index in [2.05, 4.69) is 15.2 Å². The van der Waals surface area contributed by atoms with E-state index in [1.165, 1.54) is 7.11 Å². The number of nitrogens with zero attached hydrogens (tertiary/aromatic N) is 5. The van der Waals surface area contributed by atoms with Crippen molar-refractivity contribution in [2.75, 3.05) is 45.7 Å². The number of rotatable bonds is 8. The molecule has 0 bridgehead atoms. The zero-order chi connectivity index (χ0) is 28.0. The Morgan fingerprint density at radius 3 is 2.64 bits per heavy atom. The van der Waals surface area contributed by atoms with Crippen LogP contribution in [-0.2, 0) is 9.47 Å². The Bertz CT molecular complexity index is 1270. The number of likely N-dealkylation sites (tertiary alicyclic amines) is 1. The largest absolute Gasteiger partial charge is 0.465 e. The molecule has 39 heavy (non-hydrogen) atoms. The number of hydrogen-bond acceptors (Lipinski definition) is 8. The van der Waals surface area contributed by atoms with Crippen LogP contribution in [-0.4, -0.2) is 82.6 Å². The van der Waals surface area contributed by atoms with Gasteiger partial charge >= 0.3 is 12.1 Å². The molecule has 1 atom stereocenters. The van der Waals surface area contributed by atoms with Gasteiger partial charge in [-0.3, -0.25) is 9.88 Å². The van der Waals surface area contributed by atoms with Gasteiger partial charge in [-0.05, 0) is 51.8 Å². The fourth-order valence-electron chi connectivity index (χ4n) is 4.66. The maximum atomic E-state index is 12.4. The van der Waals surface area contributed by atoms with Gasteiger partial charge in [0.15, 0.2) is 0 Å². The lowest BCUT2D eigenvalue weighted by molar-refractivity contribution is 0.0274. The van der Waals surface area contributed by atoms with Crippen molar-refractivity contribution >= 4 is 23.6 Å². The van der Waals surface area contributed by atoms with Crippen LogP contribution in [0.5, 0.6) is 0 Å². The van der Waals surface area contributed by atoms with Crippen LogP contribution in [0.15, 0.2) is 55.0 Å². The molecule has 1 aliphatic heterocycles. The van der Waals surface area contributed by atoms with E-state index in [1.54, 1.807) is 30.4 Å².